The quantitative estimate of drug-likeness (QED) is 0.529. The molecule has 144 valence electrons. The highest BCUT2D eigenvalue weighted by Crippen LogP contribution is 2.24. The van der Waals surface area contributed by atoms with Crippen molar-refractivity contribution in [1.82, 2.24) is 9.80 Å². The molecule has 0 saturated heterocycles. The van der Waals surface area contributed by atoms with Crippen LogP contribution >= 0.6 is 11.6 Å². The van der Waals surface area contributed by atoms with Gasteiger partial charge in [-0.15, -0.1) is 0 Å². The van der Waals surface area contributed by atoms with Gasteiger partial charge in [0.05, 0.1) is 11.0 Å². The Morgan fingerprint density at radius 2 is 1.93 bits per heavy atom. The fourth-order valence-electron chi connectivity index (χ4n) is 2.70. The molecule has 8 heteroatoms. The van der Waals surface area contributed by atoms with Crippen LogP contribution in [0.1, 0.15) is 18.1 Å². The van der Waals surface area contributed by atoms with Crippen molar-refractivity contribution in [2.75, 3.05) is 14.1 Å². The van der Waals surface area contributed by atoms with Gasteiger partial charge in [0.15, 0.2) is 0 Å². The predicted molar refractivity (Wildman–Crippen MR) is 102 cm³/mol. The van der Waals surface area contributed by atoms with Crippen LogP contribution in [-0.2, 0) is 17.9 Å². The number of nitro groups is 1. The molecule has 1 atom stereocenters. The van der Waals surface area contributed by atoms with Gasteiger partial charge in [-0.3, -0.25) is 19.8 Å². The Kier molecular flexibility index (Phi) is 6.87. The lowest BCUT2D eigenvalue weighted by Crippen LogP contribution is -2.43. The van der Waals surface area contributed by atoms with Gasteiger partial charge >= 0.3 is 0 Å². The van der Waals surface area contributed by atoms with Crippen molar-refractivity contribution in [2.24, 2.45) is 0 Å². The van der Waals surface area contributed by atoms with Crippen LogP contribution in [0.5, 0.6) is 0 Å². The first kappa shape index (κ1) is 20.8. The number of carbonyl (C=O) groups excluding carboxylic acids is 1. The van der Waals surface area contributed by atoms with E-state index in [1.165, 1.54) is 35.2 Å². The minimum atomic E-state index is -0.487. The Balaban J connectivity index is 2.05. The number of rotatable bonds is 7. The summed E-state index contributed by atoms with van der Waals surface area (Å²) in [5.41, 5.74) is 1.22. The molecule has 0 aliphatic rings. The Bertz CT molecular complexity index is 847. The topological polar surface area (TPSA) is 66.7 Å². The van der Waals surface area contributed by atoms with Crippen molar-refractivity contribution in [1.29, 1.82) is 0 Å². The lowest BCUT2D eigenvalue weighted by atomic mass is 10.1. The van der Waals surface area contributed by atoms with E-state index in [0.717, 1.165) is 0 Å². The number of hydrogen-bond donors (Lipinski definition) is 0. The molecule has 2 aromatic carbocycles. The Labute approximate surface area is 162 Å². The van der Waals surface area contributed by atoms with E-state index in [1.54, 1.807) is 38.1 Å². The predicted octanol–water partition coefficient (Wildman–Crippen LogP) is 3.87. The van der Waals surface area contributed by atoms with Crippen molar-refractivity contribution in [2.45, 2.75) is 26.1 Å². The van der Waals surface area contributed by atoms with E-state index in [4.69, 9.17) is 11.6 Å². The summed E-state index contributed by atoms with van der Waals surface area (Å²) in [6.45, 7) is 2.31. The number of nitrogens with zero attached hydrogens (tertiary/aromatic N) is 3. The summed E-state index contributed by atoms with van der Waals surface area (Å²) in [6.07, 6.45) is 0. The van der Waals surface area contributed by atoms with Gasteiger partial charge in [0.1, 0.15) is 5.82 Å². The molecule has 1 unspecified atom stereocenters. The molecule has 0 aliphatic carbocycles. The van der Waals surface area contributed by atoms with E-state index in [-0.39, 0.29) is 30.5 Å². The van der Waals surface area contributed by atoms with Crippen molar-refractivity contribution in [3.63, 3.8) is 0 Å². The summed E-state index contributed by atoms with van der Waals surface area (Å²) >= 11 is 6.13. The Morgan fingerprint density at radius 1 is 1.22 bits per heavy atom. The van der Waals surface area contributed by atoms with Gasteiger partial charge in [0.2, 0.25) is 5.91 Å². The zero-order valence-electron chi connectivity index (χ0n) is 15.4. The molecule has 0 heterocycles. The smallest absolute Gasteiger partial charge is 0.269 e. The van der Waals surface area contributed by atoms with Crippen molar-refractivity contribution < 1.29 is 14.1 Å². The molecule has 27 heavy (non-hydrogen) atoms. The van der Waals surface area contributed by atoms with E-state index in [9.17, 15) is 19.3 Å². The van der Waals surface area contributed by atoms with Crippen LogP contribution in [0.4, 0.5) is 10.1 Å². The van der Waals surface area contributed by atoms with Crippen LogP contribution in [0, 0.1) is 15.9 Å². The average molecular weight is 394 g/mol. The van der Waals surface area contributed by atoms with Crippen LogP contribution in [-0.4, -0.2) is 40.8 Å². The van der Waals surface area contributed by atoms with Crippen LogP contribution < -0.4 is 0 Å². The highest BCUT2D eigenvalue weighted by Gasteiger charge is 2.23. The molecule has 1 amide bonds. The van der Waals surface area contributed by atoms with Gasteiger partial charge < -0.3 is 4.90 Å². The normalized spacial score (nSPS) is 12.1. The van der Waals surface area contributed by atoms with Gasteiger partial charge in [-0.2, -0.15) is 0 Å². The molecule has 2 aromatic rings. The number of halogens is 2. The fourth-order valence-corrected chi connectivity index (χ4v) is 2.87. The summed E-state index contributed by atoms with van der Waals surface area (Å²) < 4.78 is 13.3. The molecule has 0 N–H and O–H groups in total. The van der Waals surface area contributed by atoms with E-state index >= 15 is 0 Å². The number of carbonyl (C=O) groups is 1. The molecule has 0 bridgehead atoms. The lowest BCUT2D eigenvalue weighted by molar-refractivity contribution is -0.384. The second-order valence-corrected chi connectivity index (χ2v) is 6.86. The number of hydrogen-bond acceptors (Lipinski definition) is 4. The minimum Gasteiger partial charge on any atom is -0.340 e. The second kappa shape index (κ2) is 8.92. The SMILES string of the molecule is CC(C(=O)N(C)Cc1cccc(F)c1)N(C)Cc1cc([N+](=O)[O-])ccc1Cl. The highest BCUT2D eigenvalue weighted by molar-refractivity contribution is 6.31. The molecule has 0 aliphatic heterocycles. The molecule has 0 saturated carbocycles. The van der Waals surface area contributed by atoms with Crippen LogP contribution in [0.3, 0.4) is 0 Å². The van der Waals surface area contributed by atoms with Gasteiger partial charge in [0, 0.05) is 37.3 Å². The van der Waals surface area contributed by atoms with Gasteiger partial charge in [0.25, 0.3) is 5.69 Å². The number of non-ortho nitro benzene ring substituents is 1. The summed E-state index contributed by atoms with van der Waals surface area (Å²) in [6, 6.07) is 9.84. The van der Waals surface area contributed by atoms with Gasteiger partial charge in [-0.1, -0.05) is 23.7 Å². The molecule has 6 nitrogen and oxygen atoms in total. The third-order valence-electron chi connectivity index (χ3n) is 4.36. The summed E-state index contributed by atoms with van der Waals surface area (Å²) in [5, 5.41) is 11.3. The molecule has 0 radical (unpaired) electrons. The average Bonchev–Trinajstić information content (AvgIpc) is 2.61. The number of amides is 1. The zero-order chi connectivity index (χ0) is 20.1. The molecular formula is C19H21ClFN3O3. The summed E-state index contributed by atoms with van der Waals surface area (Å²) in [4.78, 5) is 26.4. The first-order valence-electron chi connectivity index (χ1n) is 8.31. The number of nitro benzene ring substituents is 1. The third-order valence-corrected chi connectivity index (χ3v) is 4.73. The Morgan fingerprint density at radius 3 is 2.56 bits per heavy atom. The highest BCUT2D eigenvalue weighted by atomic mass is 35.5. The third kappa shape index (κ3) is 5.48. The molecule has 0 fully saturated rings. The maximum Gasteiger partial charge on any atom is 0.269 e. The van der Waals surface area contributed by atoms with Crippen LogP contribution in [0.25, 0.3) is 0 Å². The van der Waals surface area contributed by atoms with E-state index < -0.39 is 11.0 Å². The van der Waals surface area contributed by atoms with Crippen LogP contribution in [0.15, 0.2) is 42.5 Å². The van der Waals surface area contributed by atoms with Gasteiger partial charge in [-0.25, -0.2) is 4.39 Å². The number of benzene rings is 2. The number of likely N-dealkylation sites (N-methyl/N-ethyl adjacent to an activating group) is 2. The summed E-state index contributed by atoms with van der Waals surface area (Å²) in [5.74, 6) is -0.498. The first-order chi connectivity index (χ1) is 12.7. The van der Waals surface area contributed by atoms with Crippen molar-refractivity contribution in [3.8, 4) is 0 Å². The largest absolute Gasteiger partial charge is 0.340 e. The maximum atomic E-state index is 13.3. The molecule has 2 rings (SSSR count). The molecule has 0 spiro atoms. The van der Waals surface area contributed by atoms with E-state index in [2.05, 4.69) is 0 Å². The van der Waals surface area contributed by atoms with Crippen molar-refractivity contribution >= 4 is 23.2 Å². The molecular weight excluding hydrogens is 373 g/mol. The molecule has 0 aromatic heterocycles. The van der Waals surface area contributed by atoms with Crippen LogP contribution in [0.2, 0.25) is 5.02 Å². The maximum absolute atomic E-state index is 13.3. The Hall–Kier alpha value is -2.51. The van der Waals surface area contributed by atoms with E-state index in [0.29, 0.717) is 16.1 Å². The monoisotopic (exact) mass is 393 g/mol. The zero-order valence-corrected chi connectivity index (χ0v) is 16.1. The fraction of sp³-hybridized carbons (Fsp3) is 0.316. The summed E-state index contributed by atoms with van der Waals surface area (Å²) in [7, 11) is 3.39. The minimum absolute atomic E-state index is 0.0509. The van der Waals surface area contributed by atoms with Gasteiger partial charge in [-0.05, 0) is 43.3 Å². The second-order valence-electron chi connectivity index (χ2n) is 6.45. The standard InChI is InChI=1S/C19H21ClFN3O3/c1-13(19(25)23(3)11-14-5-4-6-16(21)9-14)22(2)12-15-10-17(24(26)27)7-8-18(15)20/h4-10,13H,11-12H2,1-3H3. The van der Waals surface area contributed by atoms with Crippen molar-refractivity contribution in [3.05, 3.63) is 74.5 Å². The lowest BCUT2D eigenvalue weighted by Gasteiger charge is -2.28. The first-order valence-corrected chi connectivity index (χ1v) is 8.69. The van der Waals surface area contributed by atoms with E-state index in [1.807, 2.05) is 0 Å².